The van der Waals surface area contributed by atoms with Gasteiger partial charge in [-0.05, 0) is 31.0 Å². The lowest BCUT2D eigenvalue weighted by Gasteiger charge is -2.27. The number of nitrogens with zero attached hydrogens (tertiary/aromatic N) is 1. The van der Waals surface area contributed by atoms with Gasteiger partial charge in [0.05, 0.1) is 11.1 Å². The van der Waals surface area contributed by atoms with Crippen LogP contribution in [0.2, 0.25) is 0 Å². The lowest BCUT2D eigenvalue weighted by atomic mass is 10.0. The van der Waals surface area contributed by atoms with Gasteiger partial charge in [-0.2, -0.15) is 0 Å². The molecule has 1 N–H and O–H groups in total. The molecular weight excluding hydrogens is 279 g/mol. The van der Waals surface area contributed by atoms with Crippen molar-refractivity contribution in [1.82, 2.24) is 10.2 Å². The predicted molar refractivity (Wildman–Crippen MR) is 67.8 cm³/mol. The molecule has 0 aliphatic carbocycles. The Hall–Kier alpha value is -2.57. The summed E-state index contributed by atoms with van der Waals surface area (Å²) < 4.78 is 13.9. The zero-order chi connectivity index (χ0) is 15.3. The smallest absolute Gasteiger partial charge is 0.265 e. The molecule has 1 fully saturated rings. The first-order valence-corrected chi connectivity index (χ1v) is 6.42. The molecule has 0 bridgehead atoms. The molecule has 6 nitrogen and oxygen atoms in total. The minimum absolute atomic E-state index is 0.0331. The second-order valence-electron chi connectivity index (χ2n) is 5.12. The normalized spacial score (nSPS) is 21.6. The molecule has 1 aromatic carbocycles. The van der Waals surface area contributed by atoms with Gasteiger partial charge < -0.3 is 0 Å². The number of imide groups is 2. The Morgan fingerprint density at radius 1 is 1.19 bits per heavy atom. The van der Waals surface area contributed by atoms with Crippen molar-refractivity contribution in [3.8, 4) is 0 Å². The highest BCUT2D eigenvalue weighted by atomic mass is 19.1. The van der Waals surface area contributed by atoms with Crippen molar-refractivity contribution in [1.29, 1.82) is 0 Å². The molecule has 2 aliphatic heterocycles. The van der Waals surface area contributed by atoms with Gasteiger partial charge in [0.15, 0.2) is 0 Å². The number of hydrogen-bond acceptors (Lipinski definition) is 4. The summed E-state index contributed by atoms with van der Waals surface area (Å²) in [5, 5.41) is 2.08. The summed E-state index contributed by atoms with van der Waals surface area (Å²) in [6.45, 7) is 1.61. The number of hydrogen-bond donors (Lipinski definition) is 1. The van der Waals surface area contributed by atoms with Crippen LogP contribution in [-0.2, 0) is 9.59 Å². The summed E-state index contributed by atoms with van der Waals surface area (Å²) >= 11 is 0. The first kappa shape index (κ1) is 13.4. The molecule has 3 rings (SSSR count). The predicted octanol–water partition coefficient (Wildman–Crippen LogP) is 0.535. The highest BCUT2D eigenvalue weighted by Gasteiger charge is 2.45. The molecule has 0 saturated carbocycles. The van der Waals surface area contributed by atoms with E-state index < -0.39 is 35.5 Å². The SMILES string of the molecule is Cc1cc(F)c2c(c1)C(=O)N(C1CCC(=O)NC1=O)C2=O. The first-order valence-electron chi connectivity index (χ1n) is 6.42. The second kappa shape index (κ2) is 4.47. The number of halogens is 1. The average Bonchev–Trinajstić information content (AvgIpc) is 2.63. The lowest BCUT2D eigenvalue weighted by Crippen LogP contribution is -2.54. The number of carbonyl (C=O) groups excluding carboxylic acids is 4. The van der Waals surface area contributed by atoms with E-state index in [9.17, 15) is 23.6 Å². The minimum Gasteiger partial charge on any atom is -0.295 e. The molecule has 21 heavy (non-hydrogen) atoms. The van der Waals surface area contributed by atoms with Gasteiger partial charge in [0.2, 0.25) is 11.8 Å². The lowest BCUT2D eigenvalue weighted by molar-refractivity contribution is -0.136. The maximum absolute atomic E-state index is 13.9. The molecule has 1 unspecified atom stereocenters. The molecule has 1 aromatic rings. The number of amides is 4. The van der Waals surface area contributed by atoms with E-state index in [1.807, 2.05) is 0 Å². The van der Waals surface area contributed by atoms with Gasteiger partial charge in [-0.1, -0.05) is 0 Å². The topological polar surface area (TPSA) is 83.6 Å². The van der Waals surface area contributed by atoms with Crippen LogP contribution in [0.4, 0.5) is 4.39 Å². The van der Waals surface area contributed by atoms with Crippen LogP contribution in [0.1, 0.15) is 39.1 Å². The number of aryl methyl sites for hydroxylation is 1. The summed E-state index contributed by atoms with van der Waals surface area (Å²) in [7, 11) is 0. The molecule has 108 valence electrons. The molecule has 1 saturated heterocycles. The Morgan fingerprint density at radius 3 is 2.57 bits per heavy atom. The van der Waals surface area contributed by atoms with E-state index in [1.54, 1.807) is 6.92 Å². The minimum atomic E-state index is -1.07. The van der Waals surface area contributed by atoms with Crippen LogP contribution in [0.5, 0.6) is 0 Å². The number of nitrogens with one attached hydrogen (secondary N) is 1. The molecule has 7 heteroatoms. The van der Waals surface area contributed by atoms with Crippen LogP contribution < -0.4 is 5.32 Å². The monoisotopic (exact) mass is 290 g/mol. The Labute approximate surface area is 118 Å². The third kappa shape index (κ3) is 1.93. The van der Waals surface area contributed by atoms with E-state index in [0.29, 0.717) is 5.56 Å². The summed E-state index contributed by atoms with van der Waals surface area (Å²) in [6.07, 6.45) is 0.0854. The van der Waals surface area contributed by atoms with E-state index in [-0.39, 0.29) is 24.0 Å². The van der Waals surface area contributed by atoms with Crippen LogP contribution in [-0.4, -0.2) is 34.6 Å². The first-order chi connectivity index (χ1) is 9.90. The van der Waals surface area contributed by atoms with Gasteiger partial charge >= 0.3 is 0 Å². The van der Waals surface area contributed by atoms with Crippen molar-refractivity contribution >= 4 is 23.6 Å². The van der Waals surface area contributed by atoms with Gasteiger partial charge in [-0.25, -0.2) is 4.39 Å². The number of rotatable bonds is 1. The molecule has 0 spiro atoms. The van der Waals surface area contributed by atoms with Crippen LogP contribution in [0.15, 0.2) is 12.1 Å². The number of benzene rings is 1. The van der Waals surface area contributed by atoms with Crippen LogP contribution >= 0.6 is 0 Å². The fourth-order valence-corrected chi connectivity index (χ4v) is 2.68. The van der Waals surface area contributed by atoms with Crippen LogP contribution in [0.25, 0.3) is 0 Å². The third-order valence-electron chi connectivity index (χ3n) is 3.64. The Morgan fingerprint density at radius 2 is 1.90 bits per heavy atom. The maximum atomic E-state index is 13.9. The molecule has 4 amide bonds. The molecule has 1 atom stereocenters. The fourth-order valence-electron chi connectivity index (χ4n) is 2.68. The highest BCUT2D eigenvalue weighted by molar-refractivity contribution is 6.23. The second-order valence-corrected chi connectivity index (χ2v) is 5.12. The van der Waals surface area contributed by atoms with Gasteiger partial charge in [-0.15, -0.1) is 0 Å². The third-order valence-corrected chi connectivity index (χ3v) is 3.64. The number of piperidine rings is 1. The van der Waals surface area contributed by atoms with E-state index in [4.69, 9.17) is 0 Å². The Kier molecular flexibility index (Phi) is 2.86. The van der Waals surface area contributed by atoms with E-state index in [1.165, 1.54) is 6.07 Å². The Bertz CT molecular complexity index is 713. The van der Waals surface area contributed by atoms with Crippen molar-refractivity contribution < 1.29 is 23.6 Å². The van der Waals surface area contributed by atoms with E-state index in [0.717, 1.165) is 11.0 Å². The molecule has 2 aliphatic rings. The van der Waals surface area contributed by atoms with Crippen LogP contribution in [0.3, 0.4) is 0 Å². The maximum Gasteiger partial charge on any atom is 0.265 e. The highest BCUT2D eigenvalue weighted by Crippen LogP contribution is 2.30. The van der Waals surface area contributed by atoms with Crippen molar-refractivity contribution in [3.63, 3.8) is 0 Å². The zero-order valence-electron chi connectivity index (χ0n) is 11.1. The van der Waals surface area contributed by atoms with E-state index >= 15 is 0 Å². The van der Waals surface area contributed by atoms with E-state index in [2.05, 4.69) is 5.32 Å². The largest absolute Gasteiger partial charge is 0.295 e. The molecular formula is C14H11FN2O4. The summed E-state index contributed by atoms with van der Waals surface area (Å²) in [6, 6.07) is 1.51. The molecule has 2 heterocycles. The van der Waals surface area contributed by atoms with Gasteiger partial charge in [-0.3, -0.25) is 29.4 Å². The van der Waals surface area contributed by atoms with Gasteiger partial charge in [0.25, 0.3) is 11.8 Å². The molecule has 0 radical (unpaired) electrons. The van der Waals surface area contributed by atoms with Crippen molar-refractivity contribution in [3.05, 3.63) is 34.6 Å². The van der Waals surface area contributed by atoms with Crippen molar-refractivity contribution in [2.45, 2.75) is 25.8 Å². The summed E-state index contributed by atoms with van der Waals surface area (Å²) in [5.41, 5.74) is 0.162. The summed E-state index contributed by atoms with van der Waals surface area (Å²) in [5.74, 6) is -3.47. The zero-order valence-corrected chi connectivity index (χ0v) is 11.1. The van der Waals surface area contributed by atoms with Gasteiger partial charge in [0, 0.05) is 6.42 Å². The summed E-state index contributed by atoms with van der Waals surface area (Å²) in [4.78, 5) is 48.3. The number of fused-ring (bicyclic) bond motifs is 1. The average molecular weight is 290 g/mol. The van der Waals surface area contributed by atoms with Gasteiger partial charge in [0.1, 0.15) is 11.9 Å². The quantitative estimate of drug-likeness (QED) is 0.765. The standard InChI is InChI=1S/C14H11FN2O4/c1-6-4-7-11(8(15)5-6)14(21)17(13(7)20)9-2-3-10(18)16-12(9)19/h4-5,9H,2-3H2,1H3,(H,16,18,19). The van der Waals surface area contributed by atoms with Crippen molar-refractivity contribution in [2.75, 3.05) is 0 Å². The fraction of sp³-hybridized carbons (Fsp3) is 0.286. The van der Waals surface area contributed by atoms with Crippen molar-refractivity contribution in [2.24, 2.45) is 0 Å². The molecule has 0 aromatic heterocycles. The number of carbonyl (C=O) groups is 4. The Balaban J connectivity index is 2.02. The van der Waals surface area contributed by atoms with Crippen LogP contribution in [0, 0.1) is 12.7 Å².